The van der Waals surface area contributed by atoms with Crippen molar-refractivity contribution in [2.45, 2.75) is 38.8 Å². The van der Waals surface area contributed by atoms with E-state index in [4.69, 9.17) is 19.9 Å². The van der Waals surface area contributed by atoms with Crippen molar-refractivity contribution in [1.82, 2.24) is 5.32 Å². The van der Waals surface area contributed by atoms with Crippen LogP contribution in [0.5, 0.6) is 0 Å². The van der Waals surface area contributed by atoms with Crippen LogP contribution in [0.4, 0.5) is 4.79 Å². The SMILES string of the molecule is CCOC(CC([SiH3])(OCC)OCC)NC(N)=O. The summed E-state index contributed by atoms with van der Waals surface area (Å²) in [7, 11) is 0.677. The minimum atomic E-state index is -0.647. The number of hydrogen-bond acceptors (Lipinski definition) is 4. The topological polar surface area (TPSA) is 82.8 Å². The van der Waals surface area contributed by atoms with E-state index in [2.05, 4.69) is 5.32 Å². The van der Waals surface area contributed by atoms with Gasteiger partial charge in [-0.25, -0.2) is 4.79 Å². The van der Waals surface area contributed by atoms with Crippen LogP contribution in [-0.4, -0.2) is 47.7 Å². The molecule has 0 aromatic carbocycles. The number of rotatable bonds is 9. The third-order valence-electron chi connectivity index (χ3n) is 2.13. The Bertz CT molecular complexity index is 222. The van der Waals surface area contributed by atoms with Gasteiger partial charge >= 0.3 is 6.03 Å². The summed E-state index contributed by atoms with van der Waals surface area (Å²) in [4.78, 5) is 10.8. The molecule has 0 aromatic heterocycles. The molecule has 0 aliphatic rings. The number of hydrogen-bond donors (Lipinski definition) is 2. The quantitative estimate of drug-likeness (QED) is 0.434. The van der Waals surface area contributed by atoms with E-state index in [1.54, 1.807) is 0 Å². The molecule has 2 amide bonds. The van der Waals surface area contributed by atoms with Gasteiger partial charge in [-0.3, -0.25) is 0 Å². The first-order chi connectivity index (χ1) is 7.97. The predicted molar refractivity (Wildman–Crippen MR) is 68.7 cm³/mol. The summed E-state index contributed by atoms with van der Waals surface area (Å²) in [5.41, 5.74) is 4.44. The summed E-state index contributed by atoms with van der Waals surface area (Å²) in [6, 6.07) is -0.611. The Morgan fingerprint density at radius 1 is 1.29 bits per heavy atom. The largest absolute Gasteiger partial charge is 0.359 e. The van der Waals surface area contributed by atoms with Crippen molar-refractivity contribution in [2.24, 2.45) is 5.73 Å². The summed E-state index contributed by atoms with van der Waals surface area (Å²) in [6.07, 6.45) is -0.0365. The van der Waals surface area contributed by atoms with E-state index >= 15 is 0 Å². The van der Waals surface area contributed by atoms with Crippen LogP contribution in [0.2, 0.25) is 0 Å². The molecule has 0 aromatic rings. The molecule has 0 radical (unpaired) electrons. The molecule has 7 heteroatoms. The van der Waals surface area contributed by atoms with Gasteiger partial charge in [-0.1, -0.05) is 0 Å². The fraction of sp³-hybridized carbons (Fsp3) is 0.900. The average Bonchev–Trinajstić information content (AvgIpc) is 2.16. The van der Waals surface area contributed by atoms with Gasteiger partial charge in [0.15, 0.2) is 0 Å². The number of nitrogens with one attached hydrogen (secondary N) is 1. The molecule has 3 N–H and O–H groups in total. The highest BCUT2D eigenvalue weighted by Crippen LogP contribution is 2.17. The Balaban J connectivity index is 4.48. The summed E-state index contributed by atoms with van der Waals surface area (Å²) >= 11 is 0. The molecule has 0 heterocycles. The maximum atomic E-state index is 10.8. The lowest BCUT2D eigenvalue weighted by Crippen LogP contribution is -2.48. The van der Waals surface area contributed by atoms with Crippen LogP contribution >= 0.6 is 0 Å². The van der Waals surface area contributed by atoms with Gasteiger partial charge in [-0.15, -0.1) is 0 Å². The number of carbonyl (C=O) groups excluding carboxylic acids is 1. The van der Waals surface area contributed by atoms with E-state index in [1.807, 2.05) is 20.8 Å². The van der Waals surface area contributed by atoms with Gasteiger partial charge in [0.05, 0.1) is 10.2 Å². The molecule has 0 rings (SSSR count). The molecule has 1 unspecified atom stereocenters. The lowest BCUT2D eigenvalue weighted by Gasteiger charge is -2.33. The van der Waals surface area contributed by atoms with Crippen LogP contribution in [0.1, 0.15) is 27.2 Å². The zero-order valence-corrected chi connectivity index (χ0v) is 13.1. The Labute approximate surface area is 106 Å². The van der Waals surface area contributed by atoms with E-state index in [-0.39, 0.29) is 0 Å². The second kappa shape index (κ2) is 8.46. The van der Waals surface area contributed by atoms with E-state index in [9.17, 15) is 4.79 Å². The molecule has 17 heavy (non-hydrogen) atoms. The molecular weight excluding hydrogens is 240 g/mol. The van der Waals surface area contributed by atoms with E-state index in [1.165, 1.54) is 0 Å². The number of carbonyl (C=O) groups is 1. The van der Waals surface area contributed by atoms with E-state index < -0.39 is 17.7 Å². The Kier molecular flexibility index (Phi) is 8.14. The van der Waals surface area contributed by atoms with Gasteiger partial charge in [0.2, 0.25) is 0 Å². The van der Waals surface area contributed by atoms with Crippen LogP contribution in [0.15, 0.2) is 0 Å². The molecule has 102 valence electrons. The molecule has 0 fully saturated rings. The van der Waals surface area contributed by atoms with Crippen LogP contribution in [-0.2, 0) is 14.2 Å². The van der Waals surface area contributed by atoms with Crippen LogP contribution in [0.25, 0.3) is 0 Å². The number of nitrogens with two attached hydrogens (primary N) is 1. The van der Waals surface area contributed by atoms with Crippen LogP contribution in [0, 0.1) is 0 Å². The molecule has 1 atom stereocenters. The van der Waals surface area contributed by atoms with Crippen LogP contribution in [0.3, 0.4) is 0 Å². The van der Waals surface area contributed by atoms with Crippen LogP contribution < -0.4 is 11.1 Å². The van der Waals surface area contributed by atoms with Gasteiger partial charge < -0.3 is 25.3 Å². The first-order valence-electron chi connectivity index (χ1n) is 5.92. The number of urea groups is 1. The van der Waals surface area contributed by atoms with Crippen molar-refractivity contribution < 1.29 is 19.0 Å². The highest BCUT2D eigenvalue weighted by Gasteiger charge is 2.29. The maximum absolute atomic E-state index is 10.8. The Morgan fingerprint density at radius 3 is 2.18 bits per heavy atom. The van der Waals surface area contributed by atoms with Crippen molar-refractivity contribution in [3.63, 3.8) is 0 Å². The molecular formula is C10H24N2O4Si. The van der Waals surface area contributed by atoms with E-state index in [0.29, 0.717) is 36.5 Å². The maximum Gasteiger partial charge on any atom is 0.314 e. The van der Waals surface area contributed by atoms with Gasteiger partial charge in [0, 0.05) is 26.2 Å². The third kappa shape index (κ3) is 7.32. The van der Waals surface area contributed by atoms with Crippen molar-refractivity contribution in [2.75, 3.05) is 19.8 Å². The highest BCUT2D eigenvalue weighted by atomic mass is 28.1. The Morgan fingerprint density at radius 2 is 1.82 bits per heavy atom. The number of primary amides is 1. The monoisotopic (exact) mass is 264 g/mol. The molecule has 6 nitrogen and oxygen atoms in total. The summed E-state index contributed by atoms with van der Waals surface area (Å²) in [5, 5.41) is 2.53. The minimum absolute atomic E-state index is 0.442. The van der Waals surface area contributed by atoms with E-state index in [0.717, 1.165) is 0 Å². The zero-order chi connectivity index (χ0) is 13.3. The second-order valence-corrected chi connectivity index (χ2v) is 5.18. The van der Waals surface area contributed by atoms with Crippen molar-refractivity contribution in [3.05, 3.63) is 0 Å². The third-order valence-corrected chi connectivity index (χ3v) is 3.11. The first-order valence-corrected chi connectivity index (χ1v) is 6.92. The molecule has 0 bridgehead atoms. The van der Waals surface area contributed by atoms with Gasteiger partial charge in [0.1, 0.15) is 11.6 Å². The fourth-order valence-corrected chi connectivity index (χ4v) is 2.57. The Hall–Kier alpha value is -0.633. The second-order valence-electron chi connectivity index (χ2n) is 3.66. The molecule has 0 aliphatic heterocycles. The predicted octanol–water partition coefficient (Wildman–Crippen LogP) is -0.500. The highest BCUT2D eigenvalue weighted by molar-refractivity contribution is 6.13. The lowest BCUT2D eigenvalue weighted by atomic mass is 10.3. The molecule has 0 spiro atoms. The van der Waals surface area contributed by atoms with Gasteiger partial charge in [-0.2, -0.15) is 0 Å². The molecule has 0 aliphatic carbocycles. The van der Waals surface area contributed by atoms with Crippen molar-refractivity contribution in [1.29, 1.82) is 0 Å². The van der Waals surface area contributed by atoms with Gasteiger partial charge in [0.25, 0.3) is 0 Å². The molecule has 0 saturated carbocycles. The lowest BCUT2D eigenvalue weighted by molar-refractivity contribution is -0.193. The number of amides is 2. The summed E-state index contributed by atoms with van der Waals surface area (Å²) < 4.78 is 16.6. The zero-order valence-electron chi connectivity index (χ0n) is 11.1. The fourth-order valence-electron chi connectivity index (χ4n) is 1.62. The van der Waals surface area contributed by atoms with Crippen molar-refractivity contribution >= 4 is 16.3 Å². The van der Waals surface area contributed by atoms with Gasteiger partial charge in [-0.05, 0) is 20.8 Å². The normalized spacial score (nSPS) is 13.6. The number of ether oxygens (including phenoxy) is 3. The minimum Gasteiger partial charge on any atom is -0.359 e. The standard InChI is InChI=1S/C10H24N2O4Si/c1-4-14-8(12-9(11)13)7-10(17,15-5-2)16-6-3/h8H,4-7H2,1-3,17H3,(H3,11,12,13). The first kappa shape index (κ1) is 16.4. The van der Waals surface area contributed by atoms with Crippen molar-refractivity contribution in [3.8, 4) is 0 Å². The smallest absolute Gasteiger partial charge is 0.314 e. The summed E-state index contributed by atoms with van der Waals surface area (Å²) in [5.74, 6) is 0. The summed E-state index contributed by atoms with van der Waals surface area (Å²) in [6.45, 7) is 7.26. The molecule has 0 saturated heterocycles. The average molecular weight is 264 g/mol.